The van der Waals surface area contributed by atoms with Crippen LogP contribution in [0.25, 0.3) is 0 Å². The number of halogens is 6. The maximum absolute atomic E-state index is 13.4. The van der Waals surface area contributed by atoms with Gasteiger partial charge in [-0.1, -0.05) is 11.6 Å². The number of ether oxygens (including phenoxy) is 1. The third-order valence-electron chi connectivity index (χ3n) is 3.98. The molecule has 1 aromatic carbocycles. The second kappa shape index (κ2) is 5.88. The smallest absolute Gasteiger partial charge is 0.422 e. The van der Waals surface area contributed by atoms with Gasteiger partial charge in [-0.2, -0.15) is 13.2 Å². The van der Waals surface area contributed by atoms with Gasteiger partial charge in [0.1, 0.15) is 28.1 Å². The Labute approximate surface area is 139 Å². The van der Waals surface area contributed by atoms with E-state index in [2.05, 4.69) is 4.98 Å². The maximum Gasteiger partial charge on any atom is 0.422 e. The van der Waals surface area contributed by atoms with E-state index in [1.807, 2.05) is 0 Å². The zero-order chi connectivity index (χ0) is 17.5. The molecule has 1 aromatic heterocycles. The summed E-state index contributed by atoms with van der Waals surface area (Å²) in [6, 6.07) is 4.15. The van der Waals surface area contributed by atoms with Gasteiger partial charge < -0.3 is 4.74 Å². The molecule has 8 heteroatoms. The number of alkyl halides is 3. The van der Waals surface area contributed by atoms with Crippen molar-refractivity contribution in [2.24, 2.45) is 0 Å². The van der Waals surface area contributed by atoms with Crippen molar-refractivity contribution in [2.75, 3.05) is 6.61 Å². The van der Waals surface area contributed by atoms with Crippen molar-refractivity contribution < 1.29 is 26.7 Å². The fourth-order valence-corrected chi connectivity index (χ4v) is 2.80. The summed E-state index contributed by atoms with van der Waals surface area (Å²) in [6.45, 7) is -0.140. The summed E-state index contributed by atoms with van der Waals surface area (Å²) in [4.78, 5) is 3.41. The van der Waals surface area contributed by atoms with Crippen LogP contribution < -0.4 is 4.74 Å². The Hall–Kier alpha value is -1.89. The van der Waals surface area contributed by atoms with Gasteiger partial charge >= 0.3 is 6.18 Å². The first-order chi connectivity index (χ1) is 11.2. The zero-order valence-corrected chi connectivity index (χ0v) is 12.9. The number of pyridine rings is 1. The summed E-state index contributed by atoms with van der Waals surface area (Å²) in [6.07, 6.45) is -2.48. The molecular weight excluding hydrogens is 353 g/mol. The van der Waals surface area contributed by atoms with Crippen LogP contribution in [-0.2, 0) is 11.6 Å². The number of nitrogens with zero attached hydrogens (tertiary/aromatic N) is 1. The summed E-state index contributed by atoms with van der Waals surface area (Å²) in [5.41, 5.74) is -1.48. The van der Waals surface area contributed by atoms with Gasteiger partial charge in [0.25, 0.3) is 0 Å². The molecule has 1 aliphatic carbocycles. The number of benzene rings is 1. The molecule has 0 amide bonds. The molecule has 128 valence electrons. The largest absolute Gasteiger partial charge is 0.492 e. The Morgan fingerprint density at radius 1 is 1.12 bits per heavy atom. The number of rotatable bonds is 4. The second-order valence-corrected chi connectivity index (χ2v) is 6.06. The summed E-state index contributed by atoms with van der Waals surface area (Å²) < 4.78 is 71.3. The van der Waals surface area contributed by atoms with Gasteiger partial charge in [0.05, 0.1) is 6.61 Å². The molecule has 1 saturated carbocycles. The average Bonchev–Trinajstić information content (AvgIpc) is 3.24. The third kappa shape index (κ3) is 3.31. The zero-order valence-electron chi connectivity index (χ0n) is 12.1. The van der Waals surface area contributed by atoms with Gasteiger partial charge in [-0.25, -0.2) is 13.8 Å². The van der Waals surface area contributed by atoms with E-state index in [0.717, 1.165) is 18.3 Å². The van der Waals surface area contributed by atoms with Crippen molar-refractivity contribution in [1.82, 2.24) is 4.98 Å². The highest BCUT2D eigenvalue weighted by molar-refractivity contribution is 6.30. The molecule has 1 heterocycles. The van der Waals surface area contributed by atoms with Crippen LogP contribution in [0.4, 0.5) is 22.0 Å². The van der Waals surface area contributed by atoms with E-state index in [-0.39, 0.29) is 6.61 Å². The fraction of sp³-hybridized carbons (Fsp3) is 0.312. The molecule has 0 spiro atoms. The van der Waals surface area contributed by atoms with Crippen molar-refractivity contribution in [3.8, 4) is 5.75 Å². The van der Waals surface area contributed by atoms with Crippen LogP contribution in [0.3, 0.4) is 0 Å². The molecule has 0 saturated heterocycles. The third-order valence-corrected chi connectivity index (χ3v) is 4.27. The van der Waals surface area contributed by atoms with Crippen LogP contribution in [0, 0.1) is 11.6 Å². The minimum atomic E-state index is -4.72. The Bertz CT molecular complexity index is 753. The summed E-state index contributed by atoms with van der Waals surface area (Å²) in [7, 11) is 0. The van der Waals surface area contributed by atoms with E-state index >= 15 is 0 Å². The van der Waals surface area contributed by atoms with Crippen LogP contribution in [-0.4, -0.2) is 11.6 Å². The van der Waals surface area contributed by atoms with Crippen molar-refractivity contribution in [1.29, 1.82) is 0 Å². The molecule has 1 fully saturated rings. The molecule has 2 nitrogen and oxygen atoms in total. The first-order valence-electron chi connectivity index (χ1n) is 7.02. The van der Waals surface area contributed by atoms with E-state index in [1.165, 1.54) is 12.1 Å². The van der Waals surface area contributed by atoms with E-state index in [9.17, 15) is 22.0 Å². The minimum Gasteiger partial charge on any atom is -0.492 e. The lowest BCUT2D eigenvalue weighted by atomic mass is 9.96. The quantitative estimate of drug-likeness (QED) is 0.554. The van der Waals surface area contributed by atoms with E-state index in [1.54, 1.807) is 0 Å². The van der Waals surface area contributed by atoms with Crippen molar-refractivity contribution in [2.45, 2.75) is 24.4 Å². The first kappa shape index (κ1) is 17.0. The lowest BCUT2D eigenvalue weighted by Gasteiger charge is -2.19. The predicted molar refractivity (Wildman–Crippen MR) is 77.0 cm³/mol. The average molecular weight is 364 g/mol. The van der Waals surface area contributed by atoms with Crippen LogP contribution in [0.5, 0.6) is 5.75 Å². The molecule has 1 aliphatic rings. The maximum atomic E-state index is 13.4. The normalized spacial score (nSPS) is 16.1. The molecule has 0 bridgehead atoms. The monoisotopic (exact) mass is 363 g/mol. The lowest BCUT2D eigenvalue weighted by molar-refractivity contribution is -0.139. The van der Waals surface area contributed by atoms with E-state index < -0.39 is 39.7 Å². The van der Waals surface area contributed by atoms with Gasteiger partial charge in [-0.3, -0.25) is 0 Å². The highest BCUT2D eigenvalue weighted by atomic mass is 35.5. The molecule has 3 rings (SSSR count). The van der Waals surface area contributed by atoms with Crippen molar-refractivity contribution >= 4 is 11.6 Å². The topological polar surface area (TPSA) is 22.1 Å². The molecule has 0 N–H and O–H groups in total. The second-order valence-electron chi connectivity index (χ2n) is 5.70. The Morgan fingerprint density at radius 2 is 1.75 bits per heavy atom. The van der Waals surface area contributed by atoms with Gasteiger partial charge in [0.15, 0.2) is 0 Å². The van der Waals surface area contributed by atoms with E-state index in [0.29, 0.717) is 18.4 Å². The molecule has 0 atom stereocenters. The lowest BCUT2D eigenvalue weighted by Crippen LogP contribution is -2.20. The van der Waals surface area contributed by atoms with Gasteiger partial charge in [-0.05, 0) is 36.6 Å². The molecule has 2 aromatic rings. The Morgan fingerprint density at radius 3 is 2.29 bits per heavy atom. The summed E-state index contributed by atoms with van der Waals surface area (Å²) in [5, 5.41) is -0.707. The molecule has 0 unspecified atom stereocenters. The highest BCUT2D eigenvalue weighted by Gasteiger charge is 2.46. The van der Waals surface area contributed by atoms with Crippen LogP contribution >= 0.6 is 11.6 Å². The standard InChI is InChI=1S/C16H11ClF5NO/c17-14-13(16(20,21)22)12(1-4-23-14)24-8-15(2-3-15)9-5-10(18)7-11(19)6-9/h1,4-7H,2-3,8H2. The summed E-state index contributed by atoms with van der Waals surface area (Å²) in [5.74, 6) is -1.93. The predicted octanol–water partition coefficient (Wildman–Crippen LogP) is 5.14. The first-order valence-corrected chi connectivity index (χ1v) is 7.40. The minimum absolute atomic E-state index is 0.140. The van der Waals surface area contributed by atoms with E-state index in [4.69, 9.17) is 16.3 Å². The number of hydrogen-bond acceptors (Lipinski definition) is 2. The summed E-state index contributed by atoms with van der Waals surface area (Å²) >= 11 is 5.53. The molecular formula is C16H11ClF5NO. The Kier molecular flexibility index (Phi) is 4.15. The van der Waals surface area contributed by atoms with Gasteiger partial charge in [-0.15, -0.1) is 0 Å². The van der Waals surface area contributed by atoms with Crippen molar-refractivity contribution in [3.05, 3.63) is 58.4 Å². The van der Waals surface area contributed by atoms with Gasteiger partial charge in [0, 0.05) is 17.7 Å². The highest BCUT2D eigenvalue weighted by Crippen LogP contribution is 2.49. The van der Waals surface area contributed by atoms with Crippen molar-refractivity contribution in [3.63, 3.8) is 0 Å². The van der Waals surface area contributed by atoms with Crippen LogP contribution in [0.15, 0.2) is 30.5 Å². The molecule has 0 aliphatic heterocycles. The van der Waals surface area contributed by atoms with Gasteiger partial charge in [0.2, 0.25) is 0 Å². The van der Waals surface area contributed by atoms with Crippen LogP contribution in [0.2, 0.25) is 5.15 Å². The molecule has 0 radical (unpaired) electrons. The van der Waals surface area contributed by atoms with Crippen LogP contribution in [0.1, 0.15) is 24.0 Å². The number of hydrogen-bond donors (Lipinski definition) is 0. The Balaban J connectivity index is 1.85. The number of aromatic nitrogens is 1. The SMILES string of the molecule is Fc1cc(F)cc(C2(COc3ccnc(Cl)c3C(F)(F)F)CC2)c1. The molecule has 24 heavy (non-hydrogen) atoms. The fourth-order valence-electron chi connectivity index (χ4n) is 2.54.